The maximum atomic E-state index is 3.61. The van der Waals surface area contributed by atoms with Crippen LogP contribution in [-0.4, -0.2) is 13.1 Å². The molecule has 0 saturated heterocycles. The van der Waals surface area contributed by atoms with Gasteiger partial charge >= 0.3 is 0 Å². The van der Waals surface area contributed by atoms with E-state index in [2.05, 4.69) is 43.4 Å². The average Bonchev–Trinajstić information content (AvgIpc) is 2.87. The molecule has 1 fully saturated rings. The lowest BCUT2D eigenvalue weighted by molar-refractivity contribution is 0.444. The number of benzene rings is 1. The van der Waals surface area contributed by atoms with Gasteiger partial charge in [0.1, 0.15) is 0 Å². The van der Waals surface area contributed by atoms with Crippen molar-refractivity contribution in [3.8, 4) is 0 Å². The van der Waals surface area contributed by atoms with E-state index < -0.39 is 0 Å². The van der Waals surface area contributed by atoms with Crippen LogP contribution in [0.1, 0.15) is 56.6 Å². The van der Waals surface area contributed by atoms with Gasteiger partial charge in [-0.3, -0.25) is 0 Å². The van der Waals surface area contributed by atoms with Gasteiger partial charge in [0.25, 0.3) is 0 Å². The maximum Gasteiger partial charge on any atom is -0.00147 e. The molecule has 1 N–H and O–H groups in total. The van der Waals surface area contributed by atoms with Gasteiger partial charge in [0.05, 0.1) is 0 Å². The van der Waals surface area contributed by atoms with E-state index in [1.54, 1.807) is 5.56 Å². The quantitative estimate of drug-likeness (QED) is 0.743. The summed E-state index contributed by atoms with van der Waals surface area (Å²) in [5, 5.41) is 3.61. The molecule has 0 amide bonds. The fourth-order valence-electron chi connectivity index (χ4n) is 3.23. The molecule has 1 saturated carbocycles. The average molecular weight is 245 g/mol. The Bertz CT molecular complexity index is 358. The van der Waals surface area contributed by atoms with Crippen LogP contribution in [0, 0.1) is 5.92 Å². The van der Waals surface area contributed by atoms with Crippen LogP contribution < -0.4 is 5.32 Å². The highest BCUT2D eigenvalue weighted by molar-refractivity contribution is 5.27. The molecule has 1 heteroatoms. The number of hydrogen-bond acceptors (Lipinski definition) is 1. The number of aryl methyl sites for hydroxylation is 1. The second-order valence-corrected chi connectivity index (χ2v) is 5.60. The summed E-state index contributed by atoms with van der Waals surface area (Å²) in [6.07, 6.45) is 6.57. The molecule has 0 aromatic heterocycles. The predicted octanol–water partition coefficient (Wildman–Crippen LogP) is 4.13. The third-order valence-electron chi connectivity index (χ3n) is 4.28. The van der Waals surface area contributed by atoms with E-state index in [0.717, 1.165) is 24.8 Å². The second kappa shape index (κ2) is 6.94. The van der Waals surface area contributed by atoms with Crippen molar-refractivity contribution >= 4 is 0 Å². The smallest absolute Gasteiger partial charge is 0.00147 e. The van der Waals surface area contributed by atoms with Crippen LogP contribution in [0.5, 0.6) is 0 Å². The van der Waals surface area contributed by atoms with Gasteiger partial charge in [-0.2, -0.15) is 0 Å². The normalized spacial score (nSPS) is 23.4. The molecule has 1 aliphatic rings. The summed E-state index contributed by atoms with van der Waals surface area (Å²) in [5.74, 6) is 1.64. The Morgan fingerprint density at radius 1 is 1.22 bits per heavy atom. The van der Waals surface area contributed by atoms with Gasteiger partial charge in [-0.05, 0) is 61.7 Å². The summed E-state index contributed by atoms with van der Waals surface area (Å²) in [6.45, 7) is 6.85. The van der Waals surface area contributed by atoms with E-state index >= 15 is 0 Å². The SMILES string of the molecule is CCCNCC1CCCC1c1cccc(CC)c1. The largest absolute Gasteiger partial charge is 0.316 e. The lowest BCUT2D eigenvalue weighted by atomic mass is 9.88. The fourth-order valence-corrected chi connectivity index (χ4v) is 3.23. The second-order valence-electron chi connectivity index (χ2n) is 5.60. The van der Waals surface area contributed by atoms with E-state index in [-0.39, 0.29) is 0 Å². The molecule has 0 bridgehead atoms. The molecule has 0 spiro atoms. The monoisotopic (exact) mass is 245 g/mol. The van der Waals surface area contributed by atoms with Gasteiger partial charge in [-0.25, -0.2) is 0 Å². The molecule has 100 valence electrons. The van der Waals surface area contributed by atoms with E-state index in [9.17, 15) is 0 Å². The molecule has 2 rings (SSSR count). The standard InChI is InChI=1S/C17H27N/c1-3-11-18-13-16-9-6-10-17(16)15-8-5-7-14(4-2)12-15/h5,7-8,12,16-18H,3-4,6,9-11,13H2,1-2H3. The molecular formula is C17H27N. The number of rotatable bonds is 6. The van der Waals surface area contributed by atoms with Crippen LogP contribution in [0.3, 0.4) is 0 Å². The summed E-state index contributed by atoms with van der Waals surface area (Å²) in [6, 6.07) is 9.26. The van der Waals surface area contributed by atoms with E-state index in [0.29, 0.717) is 0 Å². The molecule has 18 heavy (non-hydrogen) atoms. The summed E-state index contributed by atoms with van der Waals surface area (Å²) in [7, 11) is 0. The van der Waals surface area contributed by atoms with Crippen LogP contribution in [-0.2, 0) is 6.42 Å². The van der Waals surface area contributed by atoms with Crippen LogP contribution in [0.4, 0.5) is 0 Å². The molecule has 1 nitrogen and oxygen atoms in total. The van der Waals surface area contributed by atoms with Gasteiger partial charge in [-0.1, -0.05) is 44.5 Å². The molecule has 1 aromatic rings. The van der Waals surface area contributed by atoms with Crippen molar-refractivity contribution in [1.29, 1.82) is 0 Å². The molecule has 1 aromatic carbocycles. The first-order valence-corrected chi connectivity index (χ1v) is 7.64. The van der Waals surface area contributed by atoms with E-state index in [1.807, 2.05) is 0 Å². The Balaban J connectivity index is 2.01. The fraction of sp³-hybridized carbons (Fsp3) is 0.647. The Kier molecular flexibility index (Phi) is 5.25. The molecular weight excluding hydrogens is 218 g/mol. The van der Waals surface area contributed by atoms with Gasteiger partial charge in [0.15, 0.2) is 0 Å². The van der Waals surface area contributed by atoms with Crippen molar-refractivity contribution in [2.24, 2.45) is 5.92 Å². The van der Waals surface area contributed by atoms with Crippen LogP contribution in [0.2, 0.25) is 0 Å². The van der Waals surface area contributed by atoms with E-state index in [1.165, 1.54) is 37.8 Å². The zero-order chi connectivity index (χ0) is 12.8. The Labute approximate surface area is 112 Å². The molecule has 0 heterocycles. The molecule has 0 radical (unpaired) electrons. The lowest BCUT2D eigenvalue weighted by Gasteiger charge is -2.21. The first kappa shape index (κ1) is 13.6. The zero-order valence-electron chi connectivity index (χ0n) is 11.9. The Hall–Kier alpha value is -0.820. The van der Waals surface area contributed by atoms with Crippen LogP contribution >= 0.6 is 0 Å². The minimum atomic E-state index is 0.792. The number of hydrogen-bond donors (Lipinski definition) is 1. The topological polar surface area (TPSA) is 12.0 Å². The van der Waals surface area contributed by atoms with Crippen molar-refractivity contribution in [2.45, 2.75) is 51.9 Å². The van der Waals surface area contributed by atoms with E-state index in [4.69, 9.17) is 0 Å². The molecule has 0 aliphatic heterocycles. The van der Waals surface area contributed by atoms with Crippen LogP contribution in [0.25, 0.3) is 0 Å². The third kappa shape index (κ3) is 3.35. The Morgan fingerprint density at radius 2 is 2.11 bits per heavy atom. The molecule has 2 unspecified atom stereocenters. The van der Waals surface area contributed by atoms with Gasteiger partial charge < -0.3 is 5.32 Å². The zero-order valence-corrected chi connectivity index (χ0v) is 11.9. The van der Waals surface area contributed by atoms with Gasteiger partial charge in [0, 0.05) is 0 Å². The van der Waals surface area contributed by atoms with Gasteiger partial charge in [0.2, 0.25) is 0 Å². The van der Waals surface area contributed by atoms with Crippen LogP contribution in [0.15, 0.2) is 24.3 Å². The Morgan fingerprint density at radius 3 is 2.89 bits per heavy atom. The highest BCUT2D eigenvalue weighted by atomic mass is 14.9. The summed E-state index contributed by atoms with van der Waals surface area (Å²) < 4.78 is 0. The minimum absolute atomic E-state index is 0.792. The predicted molar refractivity (Wildman–Crippen MR) is 79.1 cm³/mol. The third-order valence-corrected chi connectivity index (χ3v) is 4.28. The molecule has 1 aliphatic carbocycles. The summed E-state index contributed by atoms with van der Waals surface area (Å²) in [4.78, 5) is 0. The van der Waals surface area contributed by atoms with Crippen molar-refractivity contribution < 1.29 is 0 Å². The minimum Gasteiger partial charge on any atom is -0.316 e. The van der Waals surface area contributed by atoms with Gasteiger partial charge in [-0.15, -0.1) is 0 Å². The van der Waals surface area contributed by atoms with Crippen molar-refractivity contribution in [3.63, 3.8) is 0 Å². The number of nitrogens with one attached hydrogen (secondary N) is 1. The van der Waals surface area contributed by atoms with Crippen molar-refractivity contribution in [3.05, 3.63) is 35.4 Å². The van der Waals surface area contributed by atoms with Crippen molar-refractivity contribution in [1.82, 2.24) is 5.32 Å². The lowest BCUT2D eigenvalue weighted by Crippen LogP contribution is -2.25. The molecule has 2 atom stereocenters. The maximum absolute atomic E-state index is 3.61. The first-order chi connectivity index (χ1) is 8.85. The first-order valence-electron chi connectivity index (χ1n) is 7.64. The summed E-state index contributed by atoms with van der Waals surface area (Å²) in [5.41, 5.74) is 3.06. The highest BCUT2D eigenvalue weighted by Crippen LogP contribution is 2.39. The summed E-state index contributed by atoms with van der Waals surface area (Å²) >= 11 is 0. The van der Waals surface area contributed by atoms with Crippen molar-refractivity contribution in [2.75, 3.05) is 13.1 Å². The highest BCUT2D eigenvalue weighted by Gasteiger charge is 2.28.